The number of nitrogens with one attached hydrogen (secondary N) is 2. The number of sulfonamides is 1. The van der Waals surface area contributed by atoms with Gasteiger partial charge in [-0.2, -0.15) is 5.26 Å². The number of hydrogen-bond donors (Lipinski definition) is 2. The maximum atomic E-state index is 12.1. The zero-order valence-corrected chi connectivity index (χ0v) is 14.9. The first-order valence-electron chi connectivity index (χ1n) is 6.96. The van der Waals surface area contributed by atoms with Crippen LogP contribution in [0.1, 0.15) is 16.8 Å². The van der Waals surface area contributed by atoms with Crippen molar-refractivity contribution in [2.24, 2.45) is 0 Å². The van der Waals surface area contributed by atoms with Crippen molar-refractivity contribution in [3.63, 3.8) is 0 Å². The molecule has 0 aliphatic rings. The Morgan fingerprint density at radius 2 is 1.71 bits per heavy atom. The van der Waals surface area contributed by atoms with E-state index in [1.807, 2.05) is 6.07 Å². The minimum Gasteiger partial charge on any atom is -0.322 e. The molecule has 0 aliphatic carbocycles. The Bertz CT molecular complexity index is 857. The minimum absolute atomic E-state index is 0.0423. The van der Waals surface area contributed by atoms with Gasteiger partial charge in [-0.05, 0) is 48.5 Å². The standard InChI is InChI=1S/C16H14BrN3O3S/c17-13-4-6-14(7-5-13)20-16(21)12-2-8-15(9-3-12)24(22,23)19-11-1-10-18/h2-9,19H,1,11H2,(H,20,21). The molecule has 0 aromatic heterocycles. The van der Waals surface area contributed by atoms with Crippen LogP contribution < -0.4 is 10.0 Å². The van der Waals surface area contributed by atoms with E-state index >= 15 is 0 Å². The summed E-state index contributed by atoms with van der Waals surface area (Å²) in [5.74, 6) is -0.335. The van der Waals surface area contributed by atoms with Gasteiger partial charge in [-0.15, -0.1) is 0 Å². The van der Waals surface area contributed by atoms with Crippen LogP contribution in [0.2, 0.25) is 0 Å². The molecular formula is C16H14BrN3O3S. The van der Waals surface area contributed by atoms with E-state index in [9.17, 15) is 13.2 Å². The molecule has 8 heteroatoms. The molecule has 0 bridgehead atoms. The van der Waals surface area contributed by atoms with Gasteiger partial charge in [0.05, 0.1) is 11.0 Å². The van der Waals surface area contributed by atoms with E-state index in [2.05, 4.69) is 26.0 Å². The molecule has 124 valence electrons. The van der Waals surface area contributed by atoms with Crippen LogP contribution in [0.25, 0.3) is 0 Å². The molecule has 0 atom stereocenters. The average Bonchev–Trinajstić information content (AvgIpc) is 2.57. The van der Waals surface area contributed by atoms with E-state index < -0.39 is 10.0 Å². The molecule has 0 unspecified atom stereocenters. The lowest BCUT2D eigenvalue weighted by atomic mass is 10.2. The Labute approximate surface area is 148 Å². The molecule has 0 saturated heterocycles. The Kier molecular flexibility index (Phi) is 6.09. The van der Waals surface area contributed by atoms with Gasteiger partial charge >= 0.3 is 0 Å². The van der Waals surface area contributed by atoms with Gasteiger partial charge < -0.3 is 5.32 Å². The van der Waals surface area contributed by atoms with Gasteiger partial charge in [-0.3, -0.25) is 4.79 Å². The van der Waals surface area contributed by atoms with Gasteiger partial charge in [-0.1, -0.05) is 15.9 Å². The van der Waals surface area contributed by atoms with Crippen molar-refractivity contribution in [2.45, 2.75) is 11.3 Å². The predicted molar refractivity (Wildman–Crippen MR) is 94.0 cm³/mol. The zero-order valence-electron chi connectivity index (χ0n) is 12.5. The number of carbonyl (C=O) groups is 1. The molecule has 0 saturated carbocycles. The molecular weight excluding hydrogens is 394 g/mol. The van der Waals surface area contributed by atoms with E-state index in [4.69, 9.17) is 5.26 Å². The molecule has 0 aliphatic heterocycles. The fraction of sp³-hybridized carbons (Fsp3) is 0.125. The molecule has 24 heavy (non-hydrogen) atoms. The highest BCUT2D eigenvalue weighted by Crippen LogP contribution is 2.16. The lowest BCUT2D eigenvalue weighted by Gasteiger charge is -2.07. The van der Waals surface area contributed by atoms with E-state index in [1.54, 1.807) is 24.3 Å². The maximum Gasteiger partial charge on any atom is 0.255 e. The second-order valence-electron chi connectivity index (χ2n) is 4.79. The molecule has 0 spiro atoms. The number of carbonyl (C=O) groups excluding carboxylic acids is 1. The number of anilines is 1. The summed E-state index contributed by atoms with van der Waals surface area (Å²) >= 11 is 3.31. The first-order valence-corrected chi connectivity index (χ1v) is 9.23. The van der Waals surface area contributed by atoms with Crippen molar-refractivity contribution in [2.75, 3.05) is 11.9 Å². The second-order valence-corrected chi connectivity index (χ2v) is 7.47. The van der Waals surface area contributed by atoms with E-state index in [-0.39, 0.29) is 23.8 Å². The molecule has 2 aromatic carbocycles. The maximum absolute atomic E-state index is 12.1. The summed E-state index contributed by atoms with van der Waals surface area (Å²) in [6.07, 6.45) is 0.0902. The molecule has 2 aromatic rings. The molecule has 0 radical (unpaired) electrons. The van der Waals surface area contributed by atoms with Crippen LogP contribution in [0.5, 0.6) is 0 Å². The lowest BCUT2D eigenvalue weighted by Crippen LogP contribution is -2.24. The lowest BCUT2D eigenvalue weighted by molar-refractivity contribution is 0.102. The Morgan fingerprint density at radius 1 is 1.08 bits per heavy atom. The van der Waals surface area contributed by atoms with Crippen LogP contribution in [-0.2, 0) is 10.0 Å². The average molecular weight is 408 g/mol. The fourth-order valence-electron chi connectivity index (χ4n) is 1.85. The molecule has 2 rings (SSSR count). The third kappa shape index (κ3) is 4.89. The number of amides is 1. The summed E-state index contributed by atoms with van der Waals surface area (Å²) in [4.78, 5) is 12.2. The van der Waals surface area contributed by atoms with Crippen LogP contribution >= 0.6 is 15.9 Å². The smallest absolute Gasteiger partial charge is 0.255 e. The summed E-state index contributed by atoms with van der Waals surface area (Å²) in [6, 6.07) is 14.5. The quantitative estimate of drug-likeness (QED) is 0.718. The third-order valence-electron chi connectivity index (χ3n) is 3.06. The molecule has 6 nitrogen and oxygen atoms in total. The predicted octanol–water partition coefficient (Wildman–Crippen LogP) is 2.89. The summed E-state index contributed by atoms with van der Waals surface area (Å²) in [7, 11) is -3.68. The SMILES string of the molecule is N#CCCNS(=O)(=O)c1ccc(C(=O)Nc2ccc(Br)cc2)cc1. The first kappa shape index (κ1) is 18.1. The fourth-order valence-corrected chi connectivity index (χ4v) is 3.14. The van der Waals surface area contributed by atoms with Crippen molar-refractivity contribution in [3.8, 4) is 6.07 Å². The number of hydrogen-bond acceptors (Lipinski definition) is 4. The van der Waals surface area contributed by atoms with Gasteiger partial charge in [0, 0.05) is 28.7 Å². The van der Waals surface area contributed by atoms with E-state index in [0.29, 0.717) is 11.3 Å². The van der Waals surface area contributed by atoms with Crippen LogP contribution in [0.15, 0.2) is 57.9 Å². The largest absolute Gasteiger partial charge is 0.322 e. The molecule has 1 amide bonds. The van der Waals surface area contributed by atoms with Crippen LogP contribution in [0.3, 0.4) is 0 Å². The highest BCUT2D eigenvalue weighted by atomic mass is 79.9. The van der Waals surface area contributed by atoms with Gasteiger partial charge in [-0.25, -0.2) is 13.1 Å². The minimum atomic E-state index is -3.68. The van der Waals surface area contributed by atoms with Gasteiger partial charge in [0.2, 0.25) is 10.0 Å². The Balaban J connectivity index is 2.07. The van der Waals surface area contributed by atoms with E-state index in [0.717, 1.165) is 4.47 Å². The van der Waals surface area contributed by atoms with Crippen molar-refractivity contribution in [3.05, 3.63) is 58.6 Å². The van der Waals surface area contributed by atoms with Gasteiger partial charge in [0.15, 0.2) is 0 Å². The Hall–Kier alpha value is -2.21. The van der Waals surface area contributed by atoms with Crippen LogP contribution in [0.4, 0.5) is 5.69 Å². The second kappa shape index (κ2) is 8.06. The summed E-state index contributed by atoms with van der Waals surface area (Å²) < 4.78 is 27.2. The van der Waals surface area contributed by atoms with Crippen molar-refractivity contribution in [1.29, 1.82) is 5.26 Å². The highest BCUT2D eigenvalue weighted by Gasteiger charge is 2.14. The third-order valence-corrected chi connectivity index (χ3v) is 5.06. The van der Waals surface area contributed by atoms with Crippen molar-refractivity contribution < 1.29 is 13.2 Å². The van der Waals surface area contributed by atoms with E-state index in [1.165, 1.54) is 24.3 Å². The summed E-state index contributed by atoms with van der Waals surface area (Å²) in [6.45, 7) is 0.0463. The number of nitriles is 1. The molecule has 0 heterocycles. The first-order chi connectivity index (χ1) is 11.4. The van der Waals surface area contributed by atoms with Crippen LogP contribution in [0, 0.1) is 11.3 Å². The molecule has 0 fully saturated rings. The topological polar surface area (TPSA) is 99.1 Å². The normalized spacial score (nSPS) is 10.8. The summed E-state index contributed by atoms with van der Waals surface area (Å²) in [5, 5.41) is 11.2. The number of nitrogens with zero attached hydrogens (tertiary/aromatic N) is 1. The number of benzene rings is 2. The van der Waals surface area contributed by atoms with Gasteiger partial charge in [0.25, 0.3) is 5.91 Å². The number of rotatable bonds is 6. The number of halogens is 1. The monoisotopic (exact) mass is 407 g/mol. The highest BCUT2D eigenvalue weighted by molar-refractivity contribution is 9.10. The summed E-state index contributed by atoms with van der Waals surface area (Å²) in [5.41, 5.74) is 0.979. The van der Waals surface area contributed by atoms with Crippen molar-refractivity contribution >= 4 is 37.5 Å². The Morgan fingerprint density at radius 3 is 2.29 bits per heavy atom. The zero-order chi connectivity index (χ0) is 17.6. The molecule has 2 N–H and O–H groups in total. The van der Waals surface area contributed by atoms with Crippen molar-refractivity contribution in [1.82, 2.24) is 4.72 Å². The van der Waals surface area contributed by atoms with Gasteiger partial charge in [0.1, 0.15) is 0 Å². The van der Waals surface area contributed by atoms with Crippen LogP contribution in [-0.4, -0.2) is 20.9 Å².